The fourth-order valence-electron chi connectivity index (χ4n) is 6.09. The van der Waals surface area contributed by atoms with E-state index in [9.17, 15) is 19.9 Å². The average molecular weight is 734 g/mol. The lowest BCUT2D eigenvalue weighted by Gasteiger charge is -2.45. The Bertz CT molecular complexity index is 1660. The number of nitrogens with zero attached hydrogens (tertiary/aromatic N) is 3. The zero-order valence-corrected chi connectivity index (χ0v) is 29.6. The van der Waals surface area contributed by atoms with Crippen LogP contribution in [0.15, 0.2) is 96.1 Å². The van der Waals surface area contributed by atoms with Gasteiger partial charge in [0.2, 0.25) is 0 Å². The van der Waals surface area contributed by atoms with E-state index in [-0.39, 0.29) is 26.4 Å². The maximum atomic E-state index is 13.3. The maximum absolute atomic E-state index is 13.3. The molecule has 15 nitrogen and oxygen atoms in total. The van der Waals surface area contributed by atoms with Crippen molar-refractivity contribution < 1.29 is 57.0 Å². The molecular weight excluding hydrogens is 690 g/mol. The van der Waals surface area contributed by atoms with Crippen molar-refractivity contribution in [1.29, 1.82) is 0 Å². The minimum Gasteiger partial charge on any atom is -0.465 e. The number of carbonyl (C=O) groups excluding carboxylic acids is 3. The van der Waals surface area contributed by atoms with Crippen LogP contribution in [0, 0.1) is 0 Å². The van der Waals surface area contributed by atoms with Crippen molar-refractivity contribution in [3.8, 4) is 0 Å². The van der Waals surface area contributed by atoms with Crippen molar-refractivity contribution in [1.82, 2.24) is 0 Å². The van der Waals surface area contributed by atoms with Crippen LogP contribution in [0.25, 0.3) is 10.4 Å². The molecule has 3 aromatic rings. The molecule has 2 saturated heterocycles. The molecule has 2 aliphatic heterocycles. The number of benzene rings is 3. The molecule has 0 amide bonds. The number of hydrogen-bond acceptors (Lipinski definition) is 13. The molecule has 2 fully saturated rings. The lowest BCUT2D eigenvalue weighted by Crippen LogP contribution is -2.62. The van der Waals surface area contributed by atoms with Crippen LogP contribution in [-0.4, -0.2) is 93.3 Å². The predicted molar refractivity (Wildman–Crippen MR) is 185 cm³/mol. The van der Waals surface area contributed by atoms with Gasteiger partial charge in [-0.1, -0.05) is 96.1 Å². The van der Waals surface area contributed by atoms with Crippen LogP contribution in [0.5, 0.6) is 0 Å². The Morgan fingerprint density at radius 2 is 1.28 bits per heavy atom. The highest BCUT2D eigenvalue weighted by Gasteiger charge is 2.53. The number of esters is 3. The quantitative estimate of drug-likeness (QED) is 0.0583. The summed E-state index contributed by atoms with van der Waals surface area (Å²) in [5.41, 5.74) is 11.9. The minimum atomic E-state index is -1.47. The van der Waals surface area contributed by atoms with Gasteiger partial charge in [-0.15, -0.1) is 0 Å². The van der Waals surface area contributed by atoms with Crippen LogP contribution in [0.3, 0.4) is 0 Å². The molecule has 0 N–H and O–H groups in total. The Hall–Kier alpha value is -4.86. The summed E-state index contributed by atoms with van der Waals surface area (Å²) >= 11 is 0. The van der Waals surface area contributed by atoms with Gasteiger partial charge in [-0.3, -0.25) is 9.59 Å². The van der Waals surface area contributed by atoms with E-state index in [1.54, 1.807) is 0 Å². The van der Waals surface area contributed by atoms with Gasteiger partial charge in [0.15, 0.2) is 24.6 Å². The van der Waals surface area contributed by atoms with Gasteiger partial charge in [0.05, 0.1) is 26.4 Å². The lowest BCUT2D eigenvalue weighted by atomic mass is 9.97. The third-order valence-electron chi connectivity index (χ3n) is 8.56. The van der Waals surface area contributed by atoms with Crippen molar-refractivity contribution in [2.24, 2.45) is 5.11 Å². The number of ether oxygens (including phenoxy) is 9. The Kier molecular flexibility index (Phi) is 14.7. The summed E-state index contributed by atoms with van der Waals surface area (Å²) in [7, 11) is 1.48. The molecule has 5 rings (SSSR count). The SMILES string of the molecule is CO[C@H]1O[C@H](CO[C@H]2C(=O)O[C@H]([C@H](COC(C)=O)N=[N+]=[N-])[C@@H]2OC(C)=O)[C@@H](OCc2ccccc2)[C@H](OCc2ccccc2)[C@H]1OCc1ccccc1. The molecule has 2 heterocycles. The van der Waals surface area contributed by atoms with E-state index in [0.717, 1.165) is 23.6 Å². The second-order valence-electron chi connectivity index (χ2n) is 12.4. The summed E-state index contributed by atoms with van der Waals surface area (Å²) in [6.07, 6.45) is -8.41. The monoisotopic (exact) mass is 733 g/mol. The molecule has 9 atom stereocenters. The van der Waals surface area contributed by atoms with Crippen LogP contribution < -0.4 is 0 Å². The Morgan fingerprint density at radius 1 is 0.755 bits per heavy atom. The third kappa shape index (κ3) is 11.1. The van der Waals surface area contributed by atoms with Crippen LogP contribution >= 0.6 is 0 Å². The first-order valence-electron chi connectivity index (χ1n) is 17.1. The first-order chi connectivity index (χ1) is 25.8. The fraction of sp³-hybridized carbons (Fsp3) is 0.447. The van der Waals surface area contributed by atoms with E-state index in [1.807, 2.05) is 91.0 Å². The minimum absolute atomic E-state index is 0.174. The number of methoxy groups -OCH3 is 1. The molecule has 0 aliphatic carbocycles. The maximum Gasteiger partial charge on any atom is 0.339 e. The highest BCUT2D eigenvalue weighted by molar-refractivity contribution is 5.79. The number of carbonyl (C=O) groups is 3. The summed E-state index contributed by atoms with van der Waals surface area (Å²) in [6.45, 7) is 2.22. The molecule has 0 aromatic heterocycles. The Labute approximate surface area is 306 Å². The molecular formula is C38H43N3O12. The molecule has 0 bridgehead atoms. The standard InChI is InChI=1S/C38H43N3O12/c1-24(42)46-22-29(40-41-39)31-34(51-25(2)43)35(37(44)53-31)50-23-30-32(47-19-26-13-7-4-8-14-26)33(48-20-27-15-9-5-10-16-27)36(38(45-3)52-30)49-21-28-17-11-6-12-18-28/h4-18,29-36,38H,19-23H2,1-3H3/t29-,30+,31+,32+,33-,34-,35+,36+,38-/m0/s1. The number of cyclic esters (lactones) is 1. The Balaban J connectivity index is 1.43. The molecule has 0 spiro atoms. The van der Waals surface area contributed by atoms with Crippen molar-refractivity contribution in [3.63, 3.8) is 0 Å². The van der Waals surface area contributed by atoms with Crippen molar-refractivity contribution in [2.45, 2.75) is 88.7 Å². The van der Waals surface area contributed by atoms with E-state index >= 15 is 0 Å². The summed E-state index contributed by atoms with van der Waals surface area (Å²) < 4.78 is 54.1. The van der Waals surface area contributed by atoms with E-state index in [1.165, 1.54) is 14.0 Å². The predicted octanol–water partition coefficient (Wildman–Crippen LogP) is 4.60. The third-order valence-corrected chi connectivity index (χ3v) is 8.56. The van der Waals surface area contributed by atoms with Crippen molar-refractivity contribution in [2.75, 3.05) is 20.3 Å². The highest BCUT2D eigenvalue weighted by atomic mass is 16.7. The number of azide groups is 1. The van der Waals surface area contributed by atoms with Gasteiger partial charge in [-0.2, -0.15) is 0 Å². The van der Waals surface area contributed by atoms with Crippen LogP contribution in [0.1, 0.15) is 30.5 Å². The van der Waals surface area contributed by atoms with Crippen LogP contribution in [-0.2, 0) is 76.8 Å². The number of hydrogen-bond donors (Lipinski definition) is 0. The van der Waals surface area contributed by atoms with Gasteiger partial charge in [0, 0.05) is 25.9 Å². The lowest BCUT2D eigenvalue weighted by molar-refractivity contribution is -0.324. The van der Waals surface area contributed by atoms with E-state index in [4.69, 9.17) is 42.6 Å². The van der Waals surface area contributed by atoms with Crippen LogP contribution in [0.4, 0.5) is 0 Å². The normalized spacial score (nSPS) is 25.8. The Morgan fingerprint density at radius 3 is 1.77 bits per heavy atom. The second-order valence-corrected chi connectivity index (χ2v) is 12.4. The largest absolute Gasteiger partial charge is 0.465 e. The van der Waals surface area contributed by atoms with Gasteiger partial charge in [0.25, 0.3) is 0 Å². The summed E-state index contributed by atoms with van der Waals surface area (Å²) in [6, 6.07) is 27.6. The average Bonchev–Trinajstić information content (AvgIpc) is 3.47. The van der Waals surface area contributed by atoms with E-state index < -0.39 is 79.6 Å². The molecule has 0 unspecified atom stereocenters. The molecule has 15 heteroatoms. The summed E-state index contributed by atoms with van der Waals surface area (Å²) in [5, 5.41) is 3.63. The fourth-order valence-corrected chi connectivity index (χ4v) is 6.09. The van der Waals surface area contributed by atoms with Gasteiger partial charge in [-0.05, 0) is 22.2 Å². The molecule has 0 radical (unpaired) electrons. The molecule has 2 aliphatic rings. The first-order valence-corrected chi connectivity index (χ1v) is 17.1. The highest BCUT2D eigenvalue weighted by Crippen LogP contribution is 2.33. The van der Waals surface area contributed by atoms with Gasteiger partial charge in [0.1, 0.15) is 37.1 Å². The smallest absolute Gasteiger partial charge is 0.339 e. The van der Waals surface area contributed by atoms with Crippen LogP contribution in [0.2, 0.25) is 0 Å². The van der Waals surface area contributed by atoms with Crippen molar-refractivity contribution in [3.05, 3.63) is 118 Å². The van der Waals surface area contributed by atoms with Gasteiger partial charge >= 0.3 is 17.9 Å². The first kappa shape index (κ1) is 39.3. The van der Waals surface area contributed by atoms with Gasteiger partial charge < -0.3 is 42.6 Å². The zero-order valence-electron chi connectivity index (χ0n) is 29.6. The van der Waals surface area contributed by atoms with Crippen molar-refractivity contribution >= 4 is 17.9 Å². The van der Waals surface area contributed by atoms with E-state index in [2.05, 4.69) is 10.0 Å². The second kappa shape index (κ2) is 19.8. The number of rotatable bonds is 18. The molecule has 282 valence electrons. The summed E-state index contributed by atoms with van der Waals surface area (Å²) in [4.78, 5) is 39.8. The topological polar surface area (TPSA) is 183 Å². The molecule has 53 heavy (non-hydrogen) atoms. The zero-order chi connectivity index (χ0) is 37.6. The van der Waals surface area contributed by atoms with E-state index in [0.29, 0.717) is 0 Å². The molecule has 0 saturated carbocycles. The molecule has 3 aromatic carbocycles. The van der Waals surface area contributed by atoms with Gasteiger partial charge in [-0.25, -0.2) is 4.79 Å². The summed E-state index contributed by atoms with van der Waals surface area (Å²) in [5.74, 6) is -2.28.